The van der Waals surface area contributed by atoms with Gasteiger partial charge in [0.15, 0.2) is 0 Å². The minimum absolute atomic E-state index is 0.108. The highest BCUT2D eigenvalue weighted by molar-refractivity contribution is 5.97. The minimum atomic E-state index is -0.139. The predicted molar refractivity (Wildman–Crippen MR) is 141 cm³/mol. The van der Waals surface area contributed by atoms with Crippen LogP contribution in [0.1, 0.15) is 42.6 Å². The number of hydrogen-bond donors (Lipinski definition) is 2. The summed E-state index contributed by atoms with van der Waals surface area (Å²) in [5, 5.41) is 14.4. The number of amides is 1. The summed E-state index contributed by atoms with van der Waals surface area (Å²) in [4.78, 5) is 17.3. The molecular weight excluding hydrogens is 436 g/mol. The van der Waals surface area contributed by atoms with Gasteiger partial charge in [-0.1, -0.05) is 50.2 Å². The van der Waals surface area contributed by atoms with Gasteiger partial charge in [0.2, 0.25) is 0 Å². The van der Waals surface area contributed by atoms with Crippen molar-refractivity contribution in [2.45, 2.75) is 33.1 Å². The van der Waals surface area contributed by atoms with E-state index < -0.39 is 0 Å². The van der Waals surface area contributed by atoms with E-state index >= 15 is 0 Å². The highest BCUT2D eigenvalue weighted by atomic mass is 16.5. The maximum atomic E-state index is 13.0. The molecule has 0 aliphatic heterocycles. The van der Waals surface area contributed by atoms with Crippen molar-refractivity contribution in [2.24, 2.45) is 5.92 Å². The molecule has 4 rings (SSSR count). The molecular formula is C30H32N2O3. The largest absolute Gasteiger partial charge is 0.506 e. The average Bonchev–Trinajstić information content (AvgIpc) is 2.87. The van der Waals surface area contributed by atoms with Crippen LogP contribution in [0, 0.1) is 5.92 Å². The molecule has 0 aliphatic carbocycles. The van der Waals surface area contributed by atoms with Crippen LogP contribution in [-0.4, -0.2) is 29.1 Å². The number of nitrogens with zero attached hydrogens (tertiary/aromatic N) is 1. The Morgan fingerprint density at radius 3 is 2.60 bits per heavy atom. The van der Waals surface area contributed by atoms with Gasteiger partial charge in [-0.2, -0.15) is 0 Å². The topological polar surface area (TPSA) is 71.5 Å². The number of phenolic OH excluding ortho intramolecular Hbond substituents is 1. The number of ether oxygens (including phenoxy) is 1. The molecule has 0 radical (unpaired) electrons. The first-order valence-corrected chi connectivity index (χ1v) is 12.2. The molecule has 0 unspecified atom stereocenters. The summed E-state index contributed by atoms with van der Waals surface area (Å²) in [5.74, 6) is 1.13. The highest BCUT2D eigenvalue weighted by Crippen LogP contribution is 2.33. The van der Waals surface area contributed by atoms with Gasteiger partial charge in [0.1, 0.15) is 17.0 Å². The van der Waals surface area contributed by atoms with Crippen molar-refractivity contribution < 1.29 is 14.6 Å². The molecule has 4 aromatic rings. The molecule has 0 atom stereocenters. The first-order valence-electron chi connectivity index (χ1n) is 12.2. The third-order valence-corrected chi connectivity index (χ3v) is 5.92. The van der Waals surface area contributed by atoms with Crippen LogP contribution < -0.4 is 10.1 Å². The van der Waals surface area contributed by atoms with Crippen LogP contribution in [0.2, 0.25) is 0 Å². The number of aromatic hydroxyl groups is 1. The normalized spacial score (nSPS) is 11.1. The molecule has 180 valence electrons. The van der Waals surface area contributed by atoms with Crippen molar-refractivity contribution >= 4 is 16.8 Å². The van der Waals surface area contributed by atoms with Gasteiger partial charge in [0.25, 0.3) is 5.91 Å². The average molecular weight is 469 g/mol. The fraction of sp³-hybridized carbons (Fsp3) is 0.267. The molecule has 0 saturated heterocycles. The van der Waals surface area contributed by atoms with E-state index in [2.05, 4.69) is 36.3 Å². The molecule has 0 spiro atoms. The Hall–Kier alpha value is -3.86. The second kappa shape index (κ2) is 11.5. The fourth-order valence-corrected chi connectivity index (χ4v) is 3.97. The number of fused-ring (bicyclic) bond motifs is 1. The van der Waals surface area contributed by atoms with E-state index in [0.29, 0.717) is 35.9 Å². The van der Waals surface area contributed by atoms with Gasteiger partial charge >= 0.3 is 0 Å². The molecule has 0 bridgehead atoms. The fourth-order valence-electron chi connectivity index (χ4n) is 3.97. The van der Waals surface area contributed by atoms with Gasteiger partial charge in [-0.25, -0.2) is 0 Å². The quantitative estimate of drug-likeness (QED) is 0.264. The number of benzene rings is 3. The second-order valence-corrected chi connectivity index (χ2v) is 9.19. The third kappa shape index (κ3) is 6.60. The summed E-state index contributed by atoms with van der Waals surface area (Å²) in [6.45, 7) is 5.47. The van der Waals surface area contributed by atoms with Crippen molar-refractivity contribution in [3.63, 3.8) is 0 Å². The lowest BCUT2D eigenvalue weighted by molar-refractivity contribution is 0.0952. The Balaban J connectivity index is 1.55. The summed E-state index contributed by atoms with van der Waals surface area (Å²) in [7, 11) is 0. The van der Waals surface area contributed by atoms with Crippen LogP contribution in [0.3, 0.4) is 0 Å². The first-order chi connectivity index (χ1) is 17.0. The molecule has 0 fully saturated rings. The summed E-state index contributed by atoms with van der Waals surface area (Å²) in [5.41, 5.74) is 3.96. The molecule has 3 aromatic carbocycles. The number of aryl methyl sites for hydroxylation is 1. The Labute approximate surface area is 206 Å². The summed E-state index contributed by atoms with van der Waals surface area (Å²) >= 11 is 0. The van der Waals surface area contributed by atoms with Gasteiger partial charge in [0.05, 0.1) is 6.61 Å². The number of pyridine rings is 1. The zero-order valence-corrected chi connectivity index (χ0v) is 20.3. The zero-order chi connectivity index (χ0) is 24.6. The molecule has 0 saturated carbocycles. The van der Waals surface area contributed by atoms with Crippen molar-refractivity contribution in [1.29, 1.82) is 0 Å². The summed E-state index contributed by atoms with van der Waals surface area (Å²) in [6.07, 6.45) is 4.35. The van der Waals surface area contributed by atoms with Crippen LogP contribution in [0.4, 0.5) is 0 Å². The molecule has 0 aliphatic rings. The van der Waals surface area contributed by atoms with Crippen LogP contribution >= 0.6 is 0 Å². The molecule has 1 amide bonds. The monoisotopic (exact) mass is 468 g/mol. The van der Waals surface area contributed by atoms with E-state index in [1.54, 1.807) is 18.3 Å². The van der Waals surface area contributed by atoms with E-state index in [1.165, 1.54) is 5.56 Å². The van der Waals surface area contributed by atoms with Crippen molar-refractivity contribution in [3.05, 3.63) is 90.1 Å². The summed E-state index contributed by atoms with van der Waals surface area (Å²) in [6, 6.07) is 23.2. The molecule has 1 heterocycles. The van der Waals surface area contributed by atoms with Gasteiger partial charge in [-0.3, -0.25) is 9.78 Å². The van der Waals surface area contributed by atoms with E-state index in [-0.39, 0.29) is 11.7 Å². The Morgan fingerprint density at radius 2 is 1.80 bits per heavy atom. The number of aromatic nitrogens is 1. The lowest BCUT2D eigenvalue weighted by Gasteiger charge is -2.13. The molecule has 2 N–H and O–H groups in total. The molecule has 35 heavy (non-hydrogen) atoms. The lowest BCUT2D eigenvalue weighted by atomic mass is 9.99. The molecule has 5 heteroatoms. The SMILES string of the molecule is CC(C)CCOc1cc(C(=O)NCCCc2ccccc2)cc(-c2cc(O)c3ncccc3c2)c1. The van der Waals surface area contributed by atoms with E-state index in [0.717, 1.165) is 35.8 Å². The Kier molecular flexibility index (Phi) is 7.99. The van der Waals surface area contributed by atoms with Crippen molar-refractivity contribution in [2.75, 3.05) is 13.2 Å². The van der Waals surface area contributed by atoms with Crippen molar-refractivity contribution in [1.82, 2.24) is 10.3 Å². The number of rotatable bonds is 10. The second-order valence-electron chi connectivity index (χ2n) is 9.19. The Morgan fingerprint density at radius 1 is 1.00 bits per heavy atom. The van der Waals surface area contributed by atoms with Gasteiger partial charge in [-0.05, 0) is 78.3 Å². The lowest BCUT2D eigenvalue weighted by Crippen LogP contribution is -2.24. The maximum absolute atomic E-state index is 13.0. The standard InChI is InChI=1S/C30H32N2O3/c1-21(2)12-15-35-27-18-24(25-16-23-11-7-13-31-29(23)28(33)20-25)17-26(19-27)30(34)32-14-6-10-22-8-4-3-5-9-22/h3-5,7-9,11,13,16-21,33H,6,10,12,14-15H2,1-2H3,(H,32,34). The highest BCUT2D eigenvalue weighted by Gasteiger charge is 2.13. The number of nitrogens with one attached hydrogen (secondary N) is 1. The first kappa shape index (κ1) is 24.3. The van der Waals surface area contributed by atoms with Crippen LogP contribution in [0.15, 0.2) is 79.0 Å². The van der Waals surface area contributed by atoms with Crippen molar-refractivity contribution in [3.8, 4) is 22.6 Å². The number of carbonyl (C=O) groups is 1. The predicted octanol–water partition coefficient (Wildman–Crippen LogP) is 6.39. The van der Waals surface area contributed by atoms with Gasteiger partial charge < -0.3 is 15.2 Å². The van der Waals surface area contributed by atoms with E-state index in [4.69, 9.17) is 4.74 Å². The molecule has 5 nitrogen and oxygen atoms in total. The maximum Gasteiger partial charge on any atom is 0.251 e. The van der Waals surface area contributed by atoms with Crippen LogP contribution in [-0.2, 0) is 6.42 Å². The van der Waals surface area contributed by atoms with E-state index in [9.17, 15) is 9.90 Å². The molecule has 1 aromatic heterocycles. The number of phenols is 1. The van der Waals surface area contributed by atoms with Crippen LogP contribution in [0.5, 0.6) is 11.5 Å². The van der Waals surface area contributed by atoms with E-state index in [1.807, 2.05) is 48.5 Å². The third-order valence-electron chi connectivity index (χ3n) is 5.92. The summed E-state index contributed by atoms with van der Waals surface area (Å²) < 4.78 is 6.02. The van der Waals surface area contributed by atoms with Crippen LogP contribution in [0.25, 0.3) is 22.0 Å². The Bertz CT molecular complexity index is 1290. The smallest absolute Gasteiger partial charge is 0.251 e. The minimum Gasteiger partial charge on any atom is -0.506 e. The zero-order valence-electron chi connectivity index (χ0n) is 20.3. The number of carbonyl (C=O) groups excluding carboxylic acids is 1. The van der Waals surface area contributed by atoms with Gasteiger partial charge in [0, 0.05) is 23.7 Å². The van der Waals surface area contributed by atoms with Gasteiger partial charge in [-0.15, -0.1) is 0 Å². The number of hydrogen-bond acceptors (Lipinski definition) is 4.